The number of ether oxygens (including phenoxy) is 1. The van der Waals surface area contributed by atoms with Gasteiger partial charge in [-0.05, 0) is 88.5 Å². The van der Waals surface area contributed by atoms with Crippen molar-refractivity contribution in [2.75, 3.05) is 0 Å². The van der Waals surface area contributed by atoms with Gasteiger partial charge in [0.2, 0.25) is 0 Å². The Morgan fingerprint density at radius 3 is 1.44 bits per heavy atom. The highest BCUT2D eigenvalue weighted by atomic mass is 16.5. The van der Waals surface area contributed by atoms with Crippen molar-refractivity contribution in [2.45, 2.75) is 92.3 Å². The Hall–Kier alpha value is -1.60. The van der Waals surface area contributed by atoms with Gasteiger partial charge in [0.25, 0.3) is 0 Å². The molecule has 148 valence electrons. The molecule has 0 aliphatic heterocycles. The smallest absolute Gasteiger partial charge is 0.0579 e. The van der Waals surface area contributed by atoms with Crippen molar-refractivity contribution in [1.29, 1.82) is 0 Å². The highest BCUT2D eigenvalue weighted by Gasteiger charge is 2.15. The molecule has 0 fully saturated rings. The highest BCUT2D eigenvalue weighted by molar-refractivity contribution is 5.31. The predicted molar refractivity (Wildman–Crippen MR) is 118 cm³/mol. The van der Waals surface area contributed by atoms with Gasteiger partial charge in [-0.1, -0.05) is 61.4 Å². The van der Waals surface area contributed by atoms with Gasteiger partial charge in [0.05, 0.1) is 12.2 Å². The fourth-order valence-corrected chi connectivity index (χ4v) is 3.78. The third-order valence-electron chi connectivity index (χ3n) is 5.78. The monoisotopic (exact) mass is 366 g/mol. The Kier molecular flexibility index (Phi) is 8.57. The van der Waals surface area contributed by atoms with Crippen LogP contribution in [0.25, 0.3) is 0 Å². The van der Waals surface area contributed by atoms with Gasteiger partial charge in [0.15, 0.2) is 0 Å². The second-order valence-corrected chi connectivity index (χ2v) is 8.13. The lowest BCUT2D eigenvalue weighted by Gasteiger charge is -2.24. The summed E-state index contributed by atoms with van der Waals surface area (Å²) in [4.78, 5) is 0. The molecule has 2 unspecified atom stereocenters. The summed E-state index contributed by atoms with van der Waals surface area (Å²) in [6.07, 6.45) is 7.33. The SMILES string of the molecule is CCC(CCc1cc(C)ccc1C)OC(CC)CCc1cc(C)ccc1C. The predicted octanol–water partition coefficient (Wildman–Crippen LogP) is 7.06. The minimum absolute atomic E-state index is 0.355. The molecule has 2 aromatic rings. The van der Waals surface area contributed by atoms with Gasteiger partial charge in [-0.15, -0.1) is 0 Å². The normalized spacial score (nSPS) is 13.6. The standard InChI is InChI=1S/C26H38O/c1-7-25(15-13-23-17-19(3)9-11-21(23)5)27-26(8-2)16-14-24-18-20(4)10-12-22(24)6/h9-12,17-18,25-26H,7-8,13-16H2,1-6H3. The minimum atomic E-state index is 0.355. The van der Waals surface area contributed by atoms with E-state index in [-0.39, 0.29) is 0 Å². The van der Waals surface area contributed by atoms with E-state index in [1.807, 2.05) is 0 Å². The molecule has 1 heteroatoms. The summed E-state index contributed by atoms with van der Waals surface area (Å²) in [6.45, 7) is 13.3. The molecule has 2 aromatic carbocycles. The Morgan fingerprint density at radius 1 is 0.667 bits per heavy atom. The number of aryl methyl sites for hydroxylation is 6. The molecule has 1 nitrogen and oxygen atoms in total. The quantitative estimate of drug-likeness (QED) is 0.437. The Balaban J connectivity index is 1.90. The zero-order valence-corrected chi connectivity index (χ0v) is 18.3. The van der Waals surface area contributed by atoms with E-state index in [0.29, 0.717) is 12.2 Å². The molecule has 27 heavy (non-hydrogen) atoms. The maximum atomic E-state index is 6.53. The van der Waals surface area contributed by atoms with Gasteiger partial charge in [0, 0.05) is 0 Å². The molecule has 0 radical (unpaired) electrons. The molecule has 0 amide bonds. The molecule has 0 N–H and O–H groups in total. The maximum Gasteiger partial charge on any atom is 0.0579 e. The summed E-state index contributed by atoms with van der Waals surface area (Å²) in [5, 5.41) is 0. The minimum Gasteiger partial charge on any atom is -0.375 e. The molecule has 0 heterocycles. The Labute approximate surface area is 167 Å². The van der Waals surface area contributed by atoms with Crippen LogP contribution in [0.5, 0.6) is 0 Å². The van der Waals surface area contributed by atoms with Crippen LogP contribution in [0.1, 0.15) is 72.9 Å². The van der Waals surface area contributed by atoms with Gasteiger partial charge in [-0.25, -0.2) is 0 Å². The molecule has 0 saturated carbocycles. The molecule has 0 aliphatic rings. The first-order chi connectivity index (χ1) is 12.9. The van der Waals surface area contributed by atoms with E-state index in [9.17, 15) is 0 Å². The Bertz CT molecular complexity index is 655. The number of benzene rings is 2. The van der Waals surface area contributed by atoms with Gasteiger partial charge in [0.1, 0.15) is 0 Å². The van der Waals surface area contributed by atoms with Crippen molar-refractivity contribution >= 4 is 0 Å². The molecule has 0 aromatic heterocycles. The van der Waals surface area contributed by atoms with Gasteiger partial charge in [-0.2, -0.15) is 0 Å². The van der Waals surface area contributed by atoms with E-state index in [1.54, 1.807) is 0 Å². The number of rotatable bonds is 10. The molecule has 0 saturated heterocycles. The number of hydrogen-bond donors (Lipinski definition) is 0. The van der Waals surface area contributed by atoms with Crippen molar-refractivity contribution in [3.8, 4) is 0 Å². The van der Waals surface area contributed by atoms with Gasteiger partial charge >= 0.3 is 0 Å². The fraction of sp³-hybridized carbons (Fsp3) is 0.538. The van der Waals surface area contributed by atoms with Crippen LogP contribution in [0.15, 0.2) is 36.4 Å². The highest BCUT2D eigenvalue weighted by Crippen LogP contribution is 2.20. The van der Waals surface area contributed by atoms with E-state index in [0.717, 1.165) is 38.5 Å². The molecular weight excluding hydrogens is 328 g/mol. The first-order valence-corrected chi connectivity index (χ1v) is 10.7. The summed E-state index contributed by atoms with van der Waals surface area (Å²) in [7, 11) is 0. The van der Waals surface area contributed by atoms with Gasteiger partial charge in [-0.3, -0.25) is 0 Å². The topological polar surface area (TPSA) is 9.23 Å². The third-order valence-corrected chi connectivity index (χ3v) is 5.78. The summed E-state index contributed by atoms with van der Waals surface area (Å²) in [5.74, 6) is 0. The van der Waals surface area contributed by atoms with E-state index < -0.39 is 0 Å². The lowest BCUT2D eigenvalue weighted by molar-refractivity contribution is -0.0232. The average molecular weight is 367 g/mol. The van der Waals surface area contributed by atoms with E-state index in [4.69, 9.17) is 4.74 Å². The molecular formula is C26H38O. The van der Waals surface area contributed by atoms with Crippen molar-refractivity contribution < 1.29 is 4.74 Å². The van der Waals surface area contributed by atoms with Crippen molar-refractivity contribution in [2.24, 2.45) is 0 Å². The van der Waals surface area contributed by atoms with Crippen molar-refractivity contribution in [1.82, 2.24) is 0 Å². The molecule has 0 spiro atoms. The molecule has 2 atom stereocenters. The van der Waals surface area contributed by atoms with Crippen LogP contribution in [-0.2, 0) is 17.6 Å². The zero-order chi connectivity index (χ0) is 19.8. The average Bonchev–Trinajstić information content (AvgIpc) is 2.66. The number of hydrogen-bond acceptors (Lipinski definition) is 1. The second-order valence-electron chi connectivity index (χ2n) is 8.13. The van der Waals surface area contributed by atoms with Crippen LogP contribution in [0.3, 0.4) is 0 Å². The fourth-order valence-electron chi connectivity index (χ4n) is 3.78. The Morgan fingerprint density at radius 2 is 1.07 bits per heavy atom. The summed E-state index contributed by atoms with van der Waals surface area (Å²) >= 11 is 0. The van der Waals surface area contributed by atoms with Crippen LogP contribution in [0.4, 0.5) is 0 Å². The lowest BCUT2D eigenvalue weighted by Crippen LogP contribution is -2.22. The van der Waals surface area contributed by atoms with Crippen LogP contribution in [0, 0.1) is 27.7 Å². The lowest BCUT2D eigenvalue weighted by atomic mass is 9.98. The van der Waals surface area contributed by atoms with Crippen LogP contribution in [-0.4, -0.2) is 12.2 Å². The maximum absolute atomic E-state index is 6.53. The summed E-state index contributed by atoms with van der Waals surface area (Å²) < 4.78 is 6.53. The first-order valence-electron chi connectivity index (χ1n) is 10.7. The van der Waals surface area contributed by atoms with Crippen LogP contribution >= 0.6 is 0 Å². The summed E-state index contributed by atoms with van der Waals surface area (Å²) in [6, 6.07) is 13.6. The zero-order valence-electron chi connectivity index (χ0n) is 18.3. The first kappa shape index (κ1) is 21.7. The van der Waals surface area contributed by atoms with E-state index in [1.165, 1.54) is 33.4 Å². The van der Waals surface area contributed by atoms with Crippen molar-refractivity contribution in [3.05, 3.63) is 69.8 Å². The summed E-state index contributed by atoms with van der Waals surface area (Å²) in [5.41, 5.74) is 8.45. The van der Waals surface area contributed by atoms with Crippen LogP contribution < -0.4 is 0 Å². The van der Waals surface area contributed by atoms with E-state index >= 15 is 0 Å². The third kappa shape index (κ3) is 6.81. The van der Waals surface area contributed by atoms with E-state index in [2.05, 4.69) is 77.9 Å². The molecule has 0 bridgehead atoms. The molecule has 0 aliphatic carbocycles. The van der Waals surface area contributed by atoms with Gasteiger partial charge < -0.3 is 4.74 Å². The largest absolute Gasteiger partial charge is 0.375 e. The second kappa shape index (κ2) is 10.7. The molecule has 2 rings (SSSR count). The van der Waals surface area contributed by atoms with Crippen molar-refractivity contribution in [3.63, 3.8) is 0 Å². The van der Waals surface area contributed by atoms with Crippen LogP contribution in [0.2, 0.25) is 0 Å².